The third-order valence-electron chi connectivity index (χ3n) is 7.60. The smallest absolute Gasteiger partial charge is 0.351 e. The molecule has 10 heteroatoms. The number of carbonyl (C=O) groups is 1. The Labute approximate surface area is 223 Å². The third kappa shape index (κ3) is 5.71. The van der Waals surface area contributed by atoms with Gasteiger partial charge in [-0.2, -0.15) is 4.98 Å². The number of morpholine rings is 1. The van der Waals surface area contributed by atoms with E-state index in [1.165, 1.54) is 16.6 Å². The SMILES string of the molecule is C=C(C)[C@@H]1CC[C@]2(C)S[P@](N3C[C@@H](CC)O[C@@H](n4ccc(NC(=O)c5ccccc5)nc4=O)C3)O[C@H]2C1. The summed E-state index contributed by atoms with van der Waals surface area (Å²) >= 11 is 1.97. The van der Waals surface area contributed by atoms with Crippen LogP contribution in [0.2, 0.25) is 0 Å². The van der Waals surface area contributed by atoms with Crippen molar-refractivity contribution in [1.29, 1.82) is 0 Å². The zero-order valence-corrected chi connectivity index (χ0v) is 23.3. The number of carbonyl (C=O) groups excluding carboxylic acids is 1. The highest BCUT2D eigenvalue weighted by atomic mass is 32.7. The summed E-state index contributed by atoms with van der Waals surface area (Å²) in [4.78, 5) is 29.6. The first-order valence-corrected chi connectivity index (χ1v) is 15.6. The van der Waals surface area contributed by atoms with E-state index in [0.717, 1.165) is 25.8 Å². The number of hydrogen-bond acceptors (Lipinski definition) is 7. The second kappa shape index (κ2) is 11.0. The van der Waals surface area contributed by atoms with E-state index in [1.54, 1.807) is 36.5 Å². The number of anilines is 1. The van der Waals surface area contributed by atoms with E-state index in [2.05, 4.69) is 42.3 Å². The summed E-state index contributed by atoms with van der Waals surface area (Å²) in [6.45, 7) is 12.1. The normalized spacial score (nSPS) is 32.0. The Balaban J connectivity index is 1.29. The maximum absolute atomic E-state index is 13.0. The van der Waals surface area contributed by atoms with E-state index in [9.17, 15) is 9.59 Å². The number of fused-ring (bicyclic) bond motifs is 1. The third-order valence-corrected chi connectivity index (χ3v) is 12.5. The van der Waals surface area contributed by atoms with Crippen LogP contribution in [-0.4, -0.2) is 50.2 Å². The Morgan fingerprint density at radius 3 is 2.78 bits per heavy atom. The van der Waals surface area contributed by atoms with Crippen LogP contribution >= 0.6 is 18.9 Å². The molecule has 1 aliphatic carbocycles. The summed E-state index contributed by atoms with van der Waals surface area (Å²) in [6.07, 6.45) is 5.57. The highest BCUT2D eigenvalue weighted by molar-refractivity contribution is 8.54. The van der Waals surface area contributed by atoms with Crippen LogP contribution in [0.4, 0.5) is 5.82 Å². The molecule has 2 saturated heterocycles. The van der Waals surface area contributed by atoms with Crippen LogP contribution in [0.15, 0.2) is 59.5 Å². The molecule has 1 aromatic carbocycles. The molecule has 0 spiro atoms. The van der Waals surface area contributed by atoms with Crippen molar-refractivity contribution in [1.82, 2.24) is 14.2 Å². The minimum absolute atomic E-state index is 0.00610. The van der Waals surface area contributed by atoms with Gasteiger partial charge < -0.3 is 14.6 Å². The van der Waals surface area contributed by atoms with Gasteiger partial charge in [0.2, 0.25) is 0 Å². The molecular formula is C27H35N4O4PS. The van der Waals surface area contributed by atoms with Gasteiger partial charge in [0.05, 0.1) is 18.8 Å². The molecule has 1 N–H and O–H groups in total. The van der Waals surface area contributed by atoms with Crippen molar-refractivity contribution in [2.24, 2.45) is 5.92 Å². The average molecular weight is 543 g/mol. The Morgan fingerprint density at radius 1 is 1.30 bits per heavy atom. The Bertz CT molecular complexity index is 1210. The number of ether oxygens (including phenoxy) is 1. The first-order chi connectivity index (χ1) is 17.8. The standard InChI is InChI=1S/C27H35N4O4PS/c1-5-21-16-30(36-35-22-15-20(18(2)3)11-13-27(22,4)37-36)17-24(34-21)31-14-12-23(29-26(31)33)28-25(32)19-9-7-6-8-10-19/h6-10,12,14,20-22,24H,2,5,11,13,15-17H2,1,3-4H3,(H,28,29,32,33)/t20-,21-,22+,24-,27+,36-/m1/s1. The predicted molar refractivity (Wildman–Crippen MR) is 149 cm³/mol. The second-order valence-electron chi connectivity index (χ2n) is 10.4. The fourth-order valence-corrected chi connectivity index (χ4v) is 10.4. The van der Waals surface area contributed by atoms with Gasteiger partial charge in [0.15, 0.2) is 13.7 Å². The summed E-state index contributed by atoms with van der Waals surface area (Å²) in [7, 11) is -0.856. The Kier molecular flexibility index (Phi) is 7.89. The number of allylic oxidation sites excluding steroid dienone is 1. The molecule has 3 aliphatic rings. The fraction of sp³-hybridized carbons (Fsp3) is 0.519. The number of aromatic nitrogens is 2. The van der Waals surface area contributed by atoms with Crippen molar-refractivity contribution in [3.05, 3.63) is 70.8 Å². The van der Waals surface area contributed by atoms with Crippen molar-refractivity contribution < 1.29 is 14.1 Å². The molecule has 2 aliphatic heterocycles. The van der Waals surface area contributed by atoms with Crippen LogP contribution in [0.1, 0.15) is 63.0 Å². The fourth-order valence-electron chi connectivity index (χ4n) is 5.18. The molecule has 6 atom stereocenters. The van der Waals surface area contributed by atoms with Gasteiger partial charge in [0.25, 0.3) is 5.91 Å². The number of nitrogens with one attached hydrogen (secondary N) is 1. The predicted octanol–water partition coefficient (Wildman–Crippen LogP) is 5.60. The molecule has 0 unspecified atom stereocenters. The zero-order chi connectivity index (χ0) is 26.2. The van der Waals surface area contributed by atoms with E-state index < -0.39 is 19.4 Å². The first kappa shape index (κ1) is 26.6. The van der Waals surface area contributed by atoms with Gasteiger partial charge in [-0.05, 0) is 63.6 Å². The average Bonchev–Trinajstić information content (AvgIpc) is 3.25. The largest absolute Gasteiger partial charge is 0.352 e. The monoisotopic (exact) mass is 542 g/mol. The molecule has 0 radical (unpaired) electrons. The lowest BCUT2D eigenvalue weighted by molar-refractivity contribution is -0.104. The van der Waals surface area contributed by atoms with Gasteiger partial charge in [-0.1, -0.05) is 48.7 Å². The lowest BCUT2D eigenvalue weighted by Gasteiger charge is -2.39. The topological polar surface area (TPSA) is 85.7 Å². The Hall–Kier alpha value is -2.03. The van der Waals surface area contributed by atoms with E-state index in [0.29, 0.717) is 18.0 Å². The molecule has 8 nitrogen and oxygen atoms in total. The minimum atomic E-state index is -0.856. The maximum Gasteiger partial charge on any atom is 0.351 e. The molecule has 1 saturated carbocycles. The molecule has 0 bridgehead atoms. The van der Waals surface area contributed by atoms with Crippen LogP contribution in [-0.2, 0) is 9.26 Å². The molecule has 1 amide bonds. The maximum atomic E-state index is 13.0. The number of rotatable bonds is 6. The van der Waals surface area contributed by atoms with Crippen LogP contribution < -0.4 is 11.0 Å². The van der Waals surface area contributed by atoms with E-state index in [-0.39, 0.29) is 28.7 Å². The van der Waals surface area contributed by atoms with Crippen molar-refractivity contribution in [2.45, 2.75) is 69.6 Å². The molecule has 198 valence electrons. The first-order valence-electron chi connectivity index (χ1n) is 12.9. The van der Waals surface area contributed by atoms with Crippen molar-refractivity contribution in [3.63, 3.8) is 0 Å². The molecular weight excluding hydrogens is 507 g/mol. The quantitative estimate of drug-likeness (QED) is 0.376. The van der Waals surface area contributed by atoms with Crippen molar-refractivity contribution >= 4 is 30.6 Å². The number of nitrogens with zero attached hydrogens (tertiary/aromatic N) is 3. The summed E-state index contributed by atoms with van der Waals surface area (Å²) in [5, 5.41) is 2.71. The van der Waals surface area contributed by atoms with Gasteiger partial charge in [-0.25, -0.2) is 9.46 Å². The van der Waals surface area contributed by atoms with E-state index in [4.69, 9.17) is 9.26 Å². The van der Waals surface area contributed by atoms with Gasteiger partial charge in [-0.15, -0.1) is 0 Å². The number of amides is 1. The molecule has 37 heavy (non-hydrogen) atoms. The van der Waals surface area contributed by atoms with Crippen LogP contribution in [0.25, 0.3) is 0 Å². The number of benzene rings is 1. The molecule has 2 aromatic rings. The second-order valence-corrected chi connectivity index (χ2v) is 14.2. The molecule has 1 aromatic heterocycles. The molecule has 3 fully saturated rings. The van der Waals surface area contributed by atoms with Gasteiger partial charge in [0, 0.05) is 23.1 Å². The van der Waals surface area contributed by atoms with E-state index in [1.807, 2.05) is 17.4 Å². The summed E-state index contributed by atoms with van der Waals surface area (Å²) < 4.78 is 17.0. The molecule has 3 heterocycles. The Morgan fingerprint density at radius 2 is 2.08 bits per heavy atom. The summed E-state index contributed by atoms with van der Waals surface area (Å²) in [5.41, 5.74) is 1.30. The van der Waals surface area contributed by atoms with Crippen LogP contribution in [0.5, 0.6) is 0 Å². The lowest BCUT2D eigenvalue weighted by Crippen LogP contribution is -2.45. The van der Waals surface area contributed by atoms with Crippen LogP contribution in [0, 0.1) is 5.92 Å². The highest BCUT2D eigenvalue weighted by Gasteiger charge is 2.52. The lowest BCUT2D eigenvalue weighted by atomic mass is 9.77. The minimum Gasteiger partial charge on any atom is -0.352 e. The zero-order valence-electron chi connectivity index (χ0n) is 21.6. The summed E-state index contributed by atoms with van der Waals surface area (Å²) in [6, 6.07) is 10.5. The van der Waals surface area contributed by atoms with Crippen LogP contribution in [0.3, 0.4) is 0 Å². The summed E-state index contributed by atoms with van der Waals surface area (Å²) in [5.74, 6) is 0.441. The van der Waals surface area contributed by atoms with Crippen molar-refractivity contribution in [3.8, 4) is 0 Å². The molecule has 5 rings (SSSR count). The van der Waals surface area contributed by atoms with E-state index >= 15 is 0 Å². The van der Waals surface area contributed by atoms with Gasteiger partial charge in [-0.3, -0.25) is 9.36 Å². The highest BCUT2D eigenvalue weighted by Crippen LogP contribution is 2.71. The number of hydrogen-bond donors (Lipinski definition) is 1. The van der Waals surface area contributed by atoms with Gasteiger partial charge >= 0.3 is 5.69 Å². The van der Waals surface area contributed by atoms with Gasteiger partial charge in [0.1, 0.15) is 5.82 Å². The van der Waals surface area contributed by atoms with Crippen molar-refractivity contribution in [2.75, 3.05) is 18.4 Å².